The van der Waals surface area contributed by atoms with Gasteiger partial charge >= 0.3 is 0 Å². The molecule has 0 radical (unpaired) electrons. The monoisotopic (exact) mass is 553 g/mol. The fourth-order valence-electron chi connectivity index (χ4n) is 6.30. The van der Waals surface area contributed by atoms with Crippen molar-refractivity contribution in [1.29, 1.82) is 0 Å². The maximum absolute atomic E-state index is 14.0. The number of carbonyl (C=O) groups is 3. The second-order valence-electron chi connectivity index (χ2n) is 10.2. The molecule has 0 saturated carbocycles. The van der Waals surface area contributed by atoms with Gasteiger partial charge < -0.3 is 30.1 Å². The molecule has 208 valence electrons. The average Bonchev–Trinajstić information content (AvgIpc) is 3.58. The van der Waals surface area contributed by atoms with Crippen molar-refractivity contribution in [2.75, 3.05) is 37.5 Å². The van der Waals surface area contributed by atoms with E-state index in [1.807, 2.05) is 6.92 Å². The maximum atomic E-state index is 14.0. The number of ether oxygens (including phenoxy) is 2. The summed E-state index contributed by atoms with van der Waals surface area (Å²) in [6, 6.07) is 13.6. The van der Waals surface area contributed by atoms with E-state index in [1.165, 1.54) is 0 Å². The van der Waals surface area contributed by atoms with E-state index < -0.39 is 22.6 Å². The number of nitrogens with one attached hydrogen (secondary N) is 2. The normalized spacial score (nSPS) is 26.8. The van der Waals surface area contributed by atoms with Crippen molar-refractivity contribution < 1.29 is 29.0 Å². The first-order chi connectivity index (χ1) is 18.9. The molecule has 1 spiro atoms. The number of hydrogen-bond acceptors (Lipinski definition) is 7. The molecule has 5 rings (SSSR count). The SMILES string of the molecule is CCOc1ccc(NC(=O)[C@@H]2[C@H]3C(=O)N(CCCCO)C(C(=O)Nc4ccc(OC)cc4)C34CC[C@H]2S4)cc1. The highest BCUT2D eigenvalue weighted by Crippen LogP contribution is 2.66. The molecule has 0 aliphatic carbocycles. The fraction of sp³-hybridized carbons (Fsp3) is 0.483. The number of nitrogens with zero attached hydrogens (tertiary/aromatic N) is 1. The molecule has 3 fully saturated rings. The highest BCUT2D eigenvalue weighted by Gasteiger charge is 2.73. The van der Waals surface area contributed by atoms with E-state index in [0.717, 1.165) is 12.2 Å². The van der Waals surface area contributed by atoms with Crippen LogP contribution >= 0.6 is 11.8 Å². The van der Waals surface area contributed by atoms with Crippen LogP contribution in [0, 0.1) is 11.8 Å². The number of carbonyl (C=O) groups excluding carboxylic acids is 3. The van der Waals surface area contributed by atoms with Crippen molar-refractivity contribution in [3.05, 3.63) is 48.5 Å². The van der Waals surface area contributed by atoms with Crippen molar-refractivity contribution >= 4 is 40.9 Å². The number of likely N-dealkylation sites (tertiary alicyclic amines) is 1. The van der Waals surface area contributed by atoms with Crippen LogP contribution in [0.1, 0.15) is 32.6 Å². The zero-order valence-electron chi connectivity index (χ0n) is 22.2. The van der Waals surface area contributed by atoms with Crippen molar-refractivity contribution in [2.45, 2.75) is 48.6 Å². The lowest BCUT2D eigenvalue weighted by Crippen LogP contribution is -2.51. The number of methoxy groups -OCH3 is 1. The number of fused-ring (bicyclic) bond motifs is 1. The van der Waals surface area contributed by atoms with Gasteiger partial charge in [-0.2, -0.15) is 0 Å². The predicted octanol–water partition coefficient (Wildman–Crippen LogP) is 3.53. The lowest BCUT2D eigenvalue weighted by Gasteiger charge is -2.34. The Hall–Kier alpha value is -3.24. The van der Waals surface area contributed by atoms with Gasteiger partial charge in [0.15, 0.2) is 0 Å². The zero-order chi connectivity index (χ0) is 27.6. The van der Waals surface area contributed by atoms with Crippen LogP contribution in [0.3, 0.4) is 0 Å². The third-order valence-electron chi connectivity index (χ3n) is 7.95. The number of unbranched alkanes of at least 4 members (excludes halogenated alkanes) is 1. The van der Waals surface area contributed by atoms with Crippen LogP contribution in [-0.4, -0.2) is 70.6 Å². The van der Waals surface area contributed by atoms with Crippen LogP contribution in [0.15, 0.2) is 48.5 Å². The van der Waals surface area contributed by atoms with Gasteiger partial charge in [0.25, 0.3) is 0 Å². The third kappa shape index (κ3) is 5.07. The molecule has 2 unspecified atom stereocenters. The first kappa shape index (κ1) is 27.3. The second kappa shape index (κ2) is 11.5. The standard InChI is InChI=1S/C29H35N3O6S/c1-3-38-21-12-8-18(9-13-21)30-26(34)23-22-14-15-29(39-22)24(23)28(36)32(16-4-5-17-33)25(29)27(35)31-19-6-10-20(37-2)11-7-19/h6-13,22-25,33H,3-5,14-17H2,1-2H3,(H,30,34)(H,31,35)/t22-,23+,24+,25?,29?/m1/s1. The molecule has 0 aromatic heterocycles. The highest BCUT2D eigenvalue weighted by atomic mass is 32.2. The van der Waals surface area contributed by atoms with E-state index in [4.69, 9.17) is 9.47 Å². The Labute approximate surface area is 232 Å². The quantitative estimate of drug-likeness (QED) is 0.365. The molecule has 10 heteroatoms. The number of anilines is 2. The lowest BCUT2D eigenvalue weighted by atomic mass is 9.70. The molecule has 2 aromatic carbocycles. The van der Waals surface area contributed by atoms with Gasteiger partial charge in [-0.15, -0.1) is 11.8 Å². The van der Waals surface area contributed by atoms with E-state index in [0.29, 0.717) is 49.5 Å². The molecule has 3 aliphatic rings. The predicted molar refractivity (Wildman–Crippen MR) is 150 cm³/mol. The Kier molecular flexibility index (Phi) is 8.04. The number of aliphatic hydroxyl groups excluding tert-OH is 1. The Morgan fingerprint density at radius 3 is 2.28 bits per heavy atom. The number of benzene rings is 2. The largest absolute Gasteiger partial charge is 0.497 e. The Bertz CT molecular complexity index is 1210. The average molecular weight is 554 g/mol. The summed E-state index contributed by atoms with van der Waals surface area (Å²) in [6.45, 7) is 2.84. The van der Waals surface area contributed by atoms with Crippen LogP contribution in [0.25, 0.3) is 0 Å². The summed E-state index contributed by atoms with van der Waals surface area (Å²) in [5, 5.41) is 15.3. The van der Waals surface area contributed by atoms with Crippen molar-refractivity contribution in [3.8, 4) is 11.5 Å². The van der Waals surface area contributed by atoms with Crippen LogP contribution < -0.4 is 20.1 Å². The number of aliphatic hydroxyl groups is 1. The zero-order valence-corrected chi connectivity index (χ0v) is 23.0. The molecular formula is C29H35N3O6S. The van der Waals surface area contributed by atoms with Gasteiger partial charge in [-0.3, -0.25) is 14.4 Å². The van der Waals surface area contributed by atoms with Gasteiger partial charge in [0.05, 0.1) is 30.3 Å². The molecule has 3 aliphatic heterocycles. The summed E-state index contributed by atoms with van der Waals surface area (Å²) in [5.41, 5.74) is 1.26. The van der Waals surface area contributed by atoms with E-state index >= 15 is 0 Å². The van der Waals surface area contributed by atoms with Gasteiger partial charge in [0, 0.05) is 29.8 Å². The minimum Gasteiger partial charge on any atom is -0.497 e. The van der Waals surface area contributed by atoms with Crippen molar-refractivity contribution in [1.82, 2.24) is 4.90 Å². The summed E-state index contributed by atoms with van der Waals surface area (Å²) < 4.78 is 10.0. The van der Waals surface area contributed by atoms with Crippen LogP contribution in [-0.2, 0) is 14.4 Å². The van der Waals surface area contributed by atoms with Crippen molar-refractivity contribution in [2.24, 2.45) is 11.8 Å². The molecule has 2 bridgehead atoms. The Morgan fingerprint density at radius 2 is 1.67 bits per heavy atom. The maximum Gasteiger partial charge on any atom is 0.248 e. The van der Waals surface area contributed by atoms with Crippen LogP contribution in [0.4, 0.5) is 11.4 Å². The summed E-state index contributed by atoms with van der Waals surface area (Å²) in [7, 11) is 1.58. The van der Waals surface area contributed by atoms with Gasteiger partial charge in [0.2, 0.25) is 17.7 Å². The summed E-state index contributed by atoms with van der Waals surface area (Å²) in [4.78, 5) is 43.1. The van der Waals surface area contributed by atoms with E-state index in [2.05, 4.69) is 10.6 Å². The van der Waals surface area contributed by atoms with Crippen LogP contribution in [0.2, 0.25) is 0 Å². The Balaban J connectivity index is 1.39. The summed E-state index contributed by atoms with van der Waals surface area (Å²) in [5.74, 6) is -0.292. The van der Waals surface area contributed by atoms with Gasteiger partial charge in [-0.25, -0.2) is 0 Å². The minimum absolute atomic E-state index is 0.0171. The number of amides is 3. The summed E-state index contributed by atoms with van der Waals surface area (Å²) in [6.07, 6.45) is 2.58. The molecular weight excluding hydrogens is 518 g/mol. The summed E-state index contributed by atoms with van der Waals surface area (Å²) >= 11 is 1.63. The molecule has 9 nitrogen and oxygen atoms in total. The van der Waals surface area contributed by atoms with Gasteiger partial charge in [-0.05, 0) is 81.1 Å². The first-order valence-electron chi connectivity index (χ1n) is 13.5. The van der Waals surface area contributed by atoms with E-state index in [9.17, 15) is 19.5 Å². The molecule has 3 saturated heterocycles. The highest BCUT2D eigenvalue weighted by molar-refractivity contribution is 8.02. The smallest absolute Gasteiger partial charge is 0.248 e. The molecule has 3 heterocycles. The number of thioether (sulfide) groups is 1. The minimum atomic E-state index is -0.700. The van der Waals surface area contributed by atoms with E-state index in [1.54, 1.807) is 72.3 Å². The second-order valence-corrected chi connectivity index (χ2v) is 11.8. The molecule has 3 amide bonds. The third-order valence-corrected chi connectivity index (χ3v) is 9.90. The first-order valence-corrected chi connectivity index (χ1v) is 14.4. The van der Waals surface area contributed by atoms with Gasteiger partial charge in [0.1, 0.15) is 17.5 Å². The molecule has 2 aromatic rings. The molecule has 39 heavy (non-hydrogen) atoms. The lowest BCUT2D eigenvalue weighted by molar-refractivity contribution is -0.138. The van der Waals surface area contributed by atoms with Gasteiger partial charge in [-0.1, -0.05) is 0 Å². The molecule has 3 N–H and O–H groups in total. The number of rotatable bonds is 11. The topological polar surface area (TPSA) is 117 Å². The molecule has 5 atom stereocenters. The van der Waals surface area contributed by atoms with Crippen molar-refractivity contribution in [3.63, 3.8) is 0 Å². The number of hydrogen-bond donors (Lipinski definition) is 3. The van der Waals surface area contributed by atoms with E-state index in [-0.39, 0.29) is 29.6 Å². The van der Waals surface area contributed by atoms with Crippen LogP contribution in [0.5, 0.6) is 11.5 Å². The fourth-order valence-corrected chi connectivity index (χ4v) is 8.52. The Morgan fingerprint density at radius 1 is 1.03 bits per heavy atom.